The summed E-state index contributed by atoms with van der Waals surface area (Å²) in [6.45, 7) is 0. The molecule has 5 heteroatoms. The zero-order valence-corrected chi connectivity index (χ0v) is 31.8. The highest BCUT2D eigenvalue weighted by atomic mass is 16.6. The molecule has 278 valence electrons. The molecule has 58 heavy (non-hydrogen) atoms. The maximum absolute atomic E-state index is 6.41. The summed E-state index contributed by atoms with van der Waals surface area (Å²) in [5, 5.41) is 2.37. The number of anilines is 6. The van der Waals surface area contributed by atoms with Crippen LogP contribution in [0.1, 0.15) is 0 Å². The number of hydrogen-bond donors (Lipinski definition) is 0. The van der Waals surface area contributed by atoms with Gasteiger partial charge in [0, 0.05) is 28.7 Å². The maximum Gasteiger partial charge on any atom is 0.172 e. The first-order chi connectivity index (χ1) is 28.7. The third-order valence-electron chi connectivity index (χ3n) is 10.6. The summed E-state index contributed by atoms with van der Waals surface area (Å²) >= 11 is 0. The van der Waals surface area contributed by atoms with Crippen LogP contribution in [0.5, 0.6) is 28.7 Å². The Kier molecular flexibility index (Phi) is 9.01. The minimum absolute atomic E-state index is 0.662. The van der Waals surface area contributed by atoms with Crippen LogP contribution < -0.4 is 24.0 Å². The fraction of sp³-hybridized carbons (Fsp3) is 0.0189. The average Bonchev–Trinajstić information content (AvgIpc) is 3.29. The van der Waals surface area contributed by atoms with E-state index in [-0.39, 0.29) is 0 Å². The van der Waals surface area contributed by atoms with E-state index in [4.69, 9.17) is 14.2 Å². The van der Waals surface area contributed by atoms with E-state index >= 15 is 0 Å². The molecular weight excluding hydrogens is 713 g/mol. The summed E-state index contributed by atoms with van der Waals surface area (Å²) in [6.07, 6.45) is 0. The molecule has 0 N–H and O–H groups in total. The lowest BCUT2D eigenvalue weighted by Crippen LogP contribution is -2.13. The molecule has 0 atom stereocenters. The fourth-order valence-electron chi connectivity index (χ4n) is 7.88. The minimum atomic E-state index is 0.662. The zero-order valence-electron chi connectivity index (χ0n) is 31.8. The Morgan fingerprint density at radius 1 is 0.345 bits per heavy atom. The van der Waals surface area contributed by atoms with Gasteiger partial charge in [-0.1, -0.05) is 121 Å². The van der Waals surface area contributed by atoms with Crippen molar-refractivity contribution in [1.82, 2.24) is 0 Å². The molecule has 0 unspecified atom stereocenters. The van der Waals surface area contributed by atoms with Crippen LogP contribution in [-0.2, 0) is 0 Å². The molecule has 0 aromatic heterocycles. The summed E-state index contributed by atoms with van der Waals surface area (Å²) in [6, 6.07) is 73.7. The molecule has 10 rings (SSSR count). The standard InChI is InChI=1S/C53H38N2O3/c1-56-49-25-13-12-24-48(49)55(41-20-6-3-7-21-41)47-23-11-10-22-45(47)44-32-30-42(35-46(44)39-29-28-37-16-8-9-17-38(37)34-39)54(40-18-4-2-5-19-40)43-31-33-52-53(36-43)58-51-27-15-14-26-50(51)57-52/h2-36H,1H3. The molecule has 0 saturated heterocycles. The number of benzene rings is 9. The van der Waals surface area contributed by atoms with Crippen LogP contribution in [0, 0.1) is 0 Å². The Hall–Kier alpha value is -7.76. The van der Waals surface area contributed by atoms with E-state index in [1.807, 2.05) is 54.6 Å². The van der Waals surface area contributed by atoms with Crippen molar-refractivity contribution in [2.45, 2.75) is 0 Å². The van der Waals surface area contributed by atoms with Gasteiger partial charge in [-0.15, -0.1) is 0 Å². The number of hydrogen-bond acceptors (Lipinski definition) is 5. The van der Waals surface area contributed by atoms with Crippen LogP contribution in [0.4, 0.5) is 34.1 Å². The van der Waals surface area contributed by atoms with Gasteiger partial charge in [0.2, 0.25) is 0 Å². The van der Waals surface area contributed by atoms with Gasteiger partial charge in [0.15, 0.2) is 23.0 Å². The molecule has 0 amide bonds. The molecule has 0 spiro atoms. The lowest BCUT2D eigenvalue weighted by Gasteiger charge is -2.30. The Morgan fingerprint density at radius 2 is 0.914 bits per heavy atom. The summed E-state index contributed by atoms with van der Waals surface area (Å²) in [5.74, 6) is 3.52. The second-order valence-electron chi connectivity index (χ2n) is 14.1. The first kappa shape index (κ1) is 34.7. The molecule has 0 aliphatic carbocycles. The smallest absolute Gasteiger partial charge is 0.172 e. The largest absolute Gasteiger partial charge is 0.495 e. The molecular formula is C53H38N2O3. The summed E-state index contributed by atoms with van der Waals surface area (Å²) < 4.78 is 18.6. The van der Waals surface area contributed by atoms with Crippen molar-refractivity contribution in [3.8, 4) is 51.0 Å². The van der Waals surface area contributed by atoms with Crippen molar-refractivity contribution in [3.05, 3.63) is 212 Å². The quantitative estimate of drug-likeness (QED) is 0.147. The minimum Gasteiger partial charge on any atom is -0.495 e. The SMILES string of the molecule is COc1ccccc1N(c1ccccc1)c1ccccc1-c1ccc(N(c2ccccc2)c2ccc3c(c2)Oc2ccccc2O3)cc1-c1ccc2ccccc2c1. The van der Waals surface area contributed by atoms with Crippen molar-refractivity contribution >= 4 is 44.9 Å². The predicted octanol–water partition coefficient (Wildman–Crippen LogP) is 15.0. The van der Waals surface area contributed by atoms with Gasteiger partial charge in [0.25, 0.3) is 0 Å². The summed E-state index contributed by atoms with van der Waals surface area (Å²) in [7, 11) is 1.73. The van der Waals surface area contributed by atoms with E-state index in [0.29, 0.717) is 23.0 Å². The molecule has 5 nitrogen and oxygen atoms in total. The van der Waals surface area contributed by atoms with Crippen molar-refractivity contribution in [3.63, 3.8) is 0 Å². The Balaban J connectivity index is 1.18. The number of para-hydroxylation sites is 7. The van der Waals surface area contributed by atoms with Crippen molar-refractivity contribution in [2.75, 3.05) is 16.9 Å². The molecule has 0 fully saturated rings. The zero-order chi connectivity index (χ0) is 38.8. The third kappa shape index (κ3) is 6.45. The van der Waals surface area contributed by atoms with Crippen molar-refractivity contribution in [1.29, 1.82) is 0 Å². The lowest BCUT2D eigenvalue weighted by atomic mass is 9.91. The number of ether oxygens (including phenoxy) is 3. The van der Waals surface area contributed by atoms with Gasteiger partial charge in [-0.3, -0.25) is 0 Å². The van der Waals surface area contributed by atoms with Crippen LogP contribution in [0.3, 0.4) is 0 Å². The van der Waals surface area contributed by atoms with Gasteiger partial charge in [-0.05, 0) is 112 Å². The van der Waals surface area contributed by atoms with E-state index in [1.54, 1.807) is 7.11 Å². The number of nitrogens with zero attached hydrogens (tertiary/aromatic N) is 2. The van der Waals surface area contributed by atoms with Crippen LogP contribution in [0.25, 0.3) is 33.0 Å². The number of rotatable bonds is 9. The van der Waals surface area contributed by atoms with Gasteiger partial charge in [-0.25, -0.2) is 0 Å². The monoisotopic (exact) mass is 750 g/mol. The van der Waals surface area contributed by atoms with Crippen LogP contribution >= 0.6 is 0 Å². The highest BCUT2D eigenvalue weighted by Gasteiger charge is 2.25. The number of fused-ring (bicyclic) bond motifs is 3. The van der Waals surface area contributed by atoms with Crippen LogP contribution in [0.15, 0.2) is 212 Å². The maximum atomic E-state index is 6.41. The summed E-state index contributed by atoms with van der Waals surface area (Å²) in [5.41, 5.74) is 10.3. The topological polar surface area (TPSA) is 34.2 Å². The second kappa shape index (κ2) is 15.1. The van der Waals surface area contributed by atoms with Gasteiger partial charge in [0.1, 0.15) is 5.75 Å². The molecule has 9 aromatic rings. The molecule has 9 aromatic carbocycles. The van der Waals surface area contributed by atoms with E-state index in [1.165, 1.54) is 10.8 Å². The predicted molar refractivity (Wildman–Crippen MR) is 237 cm³/mol. The second-order valence-corrected chi connectivity index (χ2v) is 14.1. The Morgan fingerprint density at radius 3 is 1.67 bits per heavy atom. The van der Waals surface area contributed by atoms with Gasteiger partial charge >= 0.3 is 0 Å². The van der Waals surface area contributed by atoms with Gasteiger partial charge < -0.3 is 24.0 Å². The molecule has 0 saturated carbocycles. The van der Waals surface area contributed by atoms with E-state index < -0.39 is 0 Å². The molecule has 1 aliphatic rings. The highest BCUT2D eigenvalue weighted by molar-refractivity contribution is 5.98. The van der Waals surface area contributed by atoms with Crippen molar-refractivity contribution in [2.24, 2.45) is 0 Å². The Bertz CT molecular complexity index is 2910. The molecule has 0 radical (unpaired) electrons. The van der Waals surface area contributed by atoms with Crippen molar-refractivity contribution < 1.29 is 14.2 Å². The van der Waals surface area contributed by atoms with Gasteiger partial charge in [0.05, 0.1) is 24.2 Å². The van der Waals surface area contributed by atoms with E-state index in [2.05, 4.69) is 168 Å². The molecule has 1 aliphatic heterocycles. The molecule has 1 heterocycles. The summed E-state index contributed by atoms with van der Waals surface area (Å²) in [4.78, 5) is 4.56. The Labute approximate surface area is 338 Å². The first-order valence-electron chi connectivity index (χ1n) is 19.4. The van der Waals surface area contributed by atoms with Gasteiger partial charge in [-0.2, -0.15) is 0 Å². The lowest BCUT2D eigenvalue weighted by molar-refractivity contribution is 0.360. The number of methoxy groups -OCH3 is 1. The molecule has 0 bridgehead atoms. The highest BCUT2D eigenvalue weighted by Crippen LogP contribution is 2.50. The fourth-order valence-corrected chi connectivity index (χ4v) is 7.88. The van der Waals surface area contributed by atoms with E-state index in [0.717, 1.165) is 62.1 Å². The van der Waals surface area contributed by atoms with Crippen LogP contribution in [0.2, 0.25) is 0 Å². The third-order valence-corrected chi connectivity index (χ3v) is 10.6. The normalized spacial score (nSPS) is 11.5. The van der Waals surface area contributed by atoms with Crippen LogP contribution in [-0.4, -0.2) is 7.11 Å². The first-order valence-corrected chi connectivity index (χ1v) is 19.4. The average molecular weight is 751 g/mol. The van der Waals surface area contributed by atoms with E-state index in [9.17, 15) is 0 Å².